The second-order valence-electron chi connectivity index (χ2n) is 6.09. The van der Waals surface area contributed by atoms with Crippen LogP contribution < -0.4 is 15.4 Å². The third-order valence-electron chi connectivity index (χ3n) is 3.96. The molecule has 0 aromatic heterocycles. The van der Waals surface area contributed by atoms with Crippen LogP contribution in [0.3, 0.4) is 0 Å². The smallest absolute Gasteiger partial charge is 0.410 e. The normalized spacial score (nSPS) is 11.3. The maximum Gasteiger partial charge on any atom is 0.413 e. The standard InChI is InChI=1S/C22H19IN2O3/c23-17-11-13-18(14-12-17)24-21(26)20(15-16-7-3-1-4-8-16)25-22(27)28-19-9-5-2-6-10-19/h1-14,20H,15H2,(H,24,26)(H,25,27)/t20-/m1/s1. The molecular formula is C22H19IN2O3. The monoisotopic (exact) mass is 486 g/mol. The molecule has 0 spiro atoms. The second kappa shape index (κ2) is 9.89. The first kappa shape index (κ1) is 19.9. The molecule has 0 radical (unpaired) electrons. The number of hydrogen-bond acceptors (Lipinski definition) is 3. The number of hydrogen-bond donors (Lipinski definition) is 2. The van der Waals surface area contributed by atoms with Gasteiger partial charge in [-0.15, -0.1) is 0 Å². The van der Waals surface area contributed by atoms with Crippen LogP contribution in [0.4, 0.5) is 10.5 Å². The first-order chi connectivity index (χ1) is 13.6. The highest BCUT2D eigenvalue weighted by Crippen LogP contribution is 2.13. The maximum absolute atomic E-state index is 12.8. The number of para-hydroxylation sites is 1. The Morgan fingerprint density at radius 1 is 0.857 bits per heavy atom. The fourth-order valence-electron chi connectivity index (χ4n) is 2.59. The zero-order valence-corrected chi connectivity index (χ0v) is 17.1. The number of rotatable bonds is 6. The number of benzene rings is 3. The van der Waals surface area contributed by atoms with Gasteiger partial charge in [-0.05, 0) is 64.6 Å². The van der Waals surface area contributed by atoms with Gasteiger partial charge in [0.05, 0.1) is 0 Å². The summed E-state index contributed by atoms with van der Waals surface area (Å²) in [6.45, 7) is 0. The molecule has 6 heteroatoms. The summed E-state index contributed by atoms with van der Waals surface area (Å²) in [6, 6.07) is 24.9. The van der Waals surface area contributed by atoms with E-state index in [4.69, 9.17) is 4.74 Å². The van der Waals surface area contributed by atoms with Gasteiger partial charge in [-0.3, -0.25) is 4.79 Å². The Labute approximate surface area is 177 Å². The topological polar surface area (TPSA) is 67.4 Å². The molecule has 0 bridgehead atoms. The van der Waals surface area contributed by atoms with Crippen molar-refractivity contribution in [3.8, 4) is 5.75 Å². The lowest BCUT2D eigenvalue weighted by atomic mass is 10.1. The van der Waals surface area contributed by atoms with Crippen LogP contribution in [0.2, 0.25) is 0 Å². The van der Waals surface area contributed by atoms with Crippen molar-refractivity contribution >= 4 is 40.3 Å². The van der Waals surface area contributed by atoms with Crippen molar-refractivity contribution in [1.29, 1.82) is 0 Å². The SMILES string of the molecule is O=C(N[C@H](Cc1ccccc1)C(=O)Nc1ccc(I)cc1)Oc1ccccc1. The van der Waals surface area contributed by atoms with Crippen LogP contribution in [0.1, 0.15) is 5.56 Å². The summed E-state index contributed by atoms with van der Waals surface area (Å²) in [5.41, 5.74) is 1.60. The molecule has 3 aromatic rings. The number of ether oxygens (including phenoxy) is 1. The van der Waals surface area contributed by atoms with E-state index in [1.54, 1.807) is 24.3 Å². The summed E-state index contributed by atoms with van der Waals surface area (Å²) < 4.78 is 6.34. The fourth-order valence-corrected chi connectivity index (χ4v) is 2.95. The van der Waals surface area contributed by atoms with E-state index in [1.807, 2.05) is 60.7 Å². The lowest BCUT2D eigenvalue weighted by Crippen LogP contribution is -2.46. The number of carbonyl (C=O) groups is 2. The Kier molecular flexibility index (Phi) is 7.02. The van der Waals surface area contributed by atoms with Crippen molar-refractivity contribution in [2.45, 2.75) is 12.5 Å². The molecule has 0 aliphatic heterocycles. The van der Waals surface area contributed by atoms with Gasteiger partial charge in [-0.2, -0.15) is 0 Å². The summed E-state index contributed by atoms with van der Waals surface area (Å²) in [5.74, 6) is 0.103. The van der Waals surface area contributed by atoms with Gasteiger partial charge in [-0.1, -0.05) is 48.5 Å². The average molecular weight is 486 g/mol. The third-order valence-corrected chi connectivity index (χ3v) is 4.68. The van der Waals surface area contributed by atoms with Gasteiger partial charge in [0, 0.05) is 15.7 Å². The Hall–Kier alpha value is -2.87. The minimum Gasteiger partial charge on any atom is -0.410 e. The van der Waals surface area contributed by atoms with E-state index < -0.39 is 12.1 Å². The molecule has 3 rings (SSSR count). The molecule has 142 valence electrons. The van der Waals surface area contributed by atoms with E-state index in [0.29, 0.717) is 17.9 Å². The summed E-state index contributed by atoms with van der Waals surface area (Å²) in [7, 11) is 0. The summed E-state index contributed by atoms with van der Waals surface area (Å²) in [4.78, 5) is 25.1. The fraction of sp³-hybridized carbons (Fsp3) is 0.0909. The quantitative estimate of drug-likeness (QED) is 0.500. The van der Waals surface area contributed by atoms with Crippen LogP contribution >= 0.6 is 22.6 Å². The molecule has 2 amide bonds. The van der Waals surface area contributed by atoms with Crippen molar-refractivity contribution < 1.29 is 14.3 Å². The van der Waals surface area contributed by atoms with E-state index in [9.17, 15) is 9.59 Å². The molecule has 28 heavy (non-hydrogen) atoms. The van der Waals surface area contributed by atoms with Crippen molar-refractivity contribution in [1.82, 2.24) is 5.32 Å². The van der Waals surface area contributed by atoms with Crippen molar-refractivity contribution in [3.05, 3.63) is 94.1 Å². The molecule has 0 aliphatic carbocycles. The molecule has 5 nitrogen and oxygen atoms in total. The predicted molar refractivity (Wildman–Crippen MR) is 117 cm³/mol. The molecule has 2 N–H and O–H groups in total. The Morgan fingerprint density at radius 3 is 2.11 bits per heavy atom. The molecule has 0 unspecified atom stereocenters. The zero-order chi connectivity index (χ0) is 19.8. The van der Waals surface area contributed by atoms with Crippen molar-refractivity contribution in [3.63, 3.8) is 0 Å². The molecule has 3 aromatic carbocycles. The molecule has 0 saturated heterocycles. The van der Waals surface area contributed by atoms with Gasteiger partial charge in [0.1, 0.15) is 11.8 Å². The van der Waals surface area contributed by atoms with Crippen LogP contribution in [-0.2, 0) is 11.2 Å². The summed E-state index contributed by atoms with van der Waals surface area (Å²) in [5, 5.41) is 5.52. The number of carbonyl (C=O) groups excluding carboxylic acids is 2. The van der Waals surface area contributed by atoms with Crippen LogP contribution in [-0.4, -0.2) is 18.0 Å². The molecule has 0 aliphatic rings. The number of anilines is 1. The number of amides is 2. The number of nitrogens with one attached hydrogen (secondary N) is 2. The van der Waals surface area contributed by atoms with E-state index >= 15 is 0 Å². The molecule has 1 atom stereocenters. The highest BCUT2D eigenvalue weighted by molar-refractivity contribution is 14.1. The van der Waals surface area contributed by atoms with Crippen LogP contribution in [0.15, 0.2) is 84.9 Å². The molecular weight excluding hydrogens is 467 g/mol. The van der Waals surface area contributed by atoms with Gasteiger partial charge in [0.15, 0.2) is 0 Å². The first-order valence-corrected chi connectivity index (χ1v) is 9.82. The lowest BCUT2D eigenvalue weighted by molar-refractivity contribution is -0.118. The first-order valence-electron chi connectivity index (χ1n) is 8.74. The summed E-state index contributed by atoms with van der Waals surface area (Å²) in [6.07, 6.45) is -0.328. The zero-order valence-electron chi connectivity index (χ0n) is 15.0. The molecule has 0 saturated carbocycles. The predicted octanol–water partition coefficient (Wildman–Crippen LogP) is 4.63. The van der Waals surface area contributed by atoms with Crippen LogP contribution in [0.5, 0.6) is 5.75 Å². The summed E-state index contributed by atoms with van der Waals surface area (Å²) >= 11 is 2.20. The van der Waals surface area contributed by atoms with Crippen LogP contribution in [0, 0.1) is 3.57 Å². The van der Waals surface area contributed by atoms with Gasteiger partial charge in [0.2, 0.25) is 5.91 Å². The van der Waals surface area contributed by atoms with Gasteiger partial charge >= 0.3 is 6.09 Å². The highest BCUT2D eigenvalue weighted by atomic mass is 127. The lowest BCUT2D eigenvalue weighted by Gasteiger charge is -2.18. The van der Waals surface area contributed by atoms with E-state index in [0.717, 1.165) is 9.13 Å². The van der Waals surface area contributed by atoms with Gasteiger partial charge in [0.25, 0.3) is 0 Å². The third kappa shape index (κ3) is 6.09. The van der Waals surface area contributed by atoms with E-state index in [2.05, 4.69) is 33.2 Å². The highest BCUT2D eigenvalue weighted by Gasteiger charge is 2.22. The molecule has 0 heterocycles. The minimum atomic E-state index is -0.780. The Bertz CT molecular complexity index is 916. The Balaban J connectivity index is 1.71. The van der Waals surface area contributed by atoms with Gasteiger partial charge in [-0.25, -0.2) is 4.79 Å². The van der Waals surface area contributed by atoms with Crippen molar-refractivity contribution in [2.75, 3.05) is 5.32 Å². The molecule has 0 fully saturated rings. The Morgan fingerprint density at radius 2 is 1.46 bits per heavy atom. The second-order valence-corrected chi connectivity index (χ2v) is 7.33. The number of halogens is 1. The van der Waals surface area contributed by atoms with Crippen molar-refractivity contribution in [2.24, 2.45) is 0 Å². The largest absolute Gasteiger partial charge is 0.413 e. The van der Waals surface area contributed by atoms with E-state index in [1.165, 1.54) is 0 Å². The van der Waals surface area contributed by atoms with Crippen LogP contribution in [0.25, 0.3) is 0 Å². The maximum atomic E-state index is 12.8. The van der Waals surface area contributed by atoms with Gasteiger partial charge < -0.3 is 15.4 Å². The average Bonchev–Trinajstić information content (AvgIpc) is 2.71. The minimum absolute atomic E-state index is 0.310. The van der Waals surface area contributed by atoms with E-state index in [-0.39, 0.29) is 5.91 Å².